The van der Waals surface area contributed by atoms with Crippen molar-refractivity contribution in [2.75, 3.05) is 0 Å². The van der Waals surface area contributed by atoms with Gasteiger partial charge in [-0.05, 0) is 76.2 Å². The number of hydrogen-bond donors (Lipinski definition) is 0. The van der Waals surface area contributed by atoms with Crippen LogP contribution in [0.2, 0.25) is 63.9 Å². The lowest BCUT2D eigenvalue weighted by Gasteiger charge is -2.40. The molecule has 1 rings (SSSR count). The van der Waals surface area contributed by atoms with Crippen LogP contribution in [0.4, 0.5) is 0 Å². The summed E-state index contributed by atoms with van der Waals surface area (Å²) in [6, 6.07) is 7.33. The molecule has 0 aromatic heterocycles. The lowest BCUT2D eigenvalue weighted by molar-refractivity contribution is 0.332. The molecular weight excluding hydrogens is 428 g/mol. The molecule has 0 saturated heterocycles. The number of benzene rings is 1. The Kier molecular flexibility index (Phi) is 7.47. The largest absolute Gasteiger partial charge is 0.437 e. The summed E-state index contributed by atoms with van der Waals surface area (Å²) in [5.41, 5.74) is 0.596. The van der Waals surface area contributed by atoms with Crippen LogP contribution in [0.3, 0.4) is 0 Å². The van der Waals surface area contributed by atoms with Gasteiger partial charge in [-0.25, -0.2) is 0 Å². The van der Waals surface area contributed by atoms with E-state index in [2.05, 4.69) is 38.8 Å². The van der Waals surface area contributed by atoms with E-state index in [9.17, 15) is 10.5 Å². The zero-order valence-electron chi connectivity index (χ0n) is 17.7. The summed E-state index contributed by atoms with van der Waals surface area (Å²) in [5.74, 6) is 0. The fourth-order valence-corrected chi connectivity index (χ4v) is 22.3. The first-order valence-corrected chi connectivity index (χ1v) is 21.1. The van der Waals surface area contributed by atoms with Gasteiger partial charge in [0.1, 0.15) is 12.1 Å². The average molecular weight is 457 g/mol. The molecule has 0 fully saturated rings. The molecule has 0 bridgehead atoms. The van der Waals surface area contributed by atoms with Gasteiger partial charge in [-0.1, -0.05) is 11.6 Å². The minimum absolute atomic E-state index is 0.279. The van der Waals surface area contributed by atoms with Gasteiger partial charge in [0.25, 0.3) is 0 Å². The third kappa shape index (κ3) is 7.29. The standard InChI is InChI=1S/C17H29ClN2O3Si4/c1-24(2,3)21-26(6,7)23-27(8,9)22-25(4,5)17-11-15(13-20)14(12-19)10-16(17)18/h10-11H,1-9H3. The number of nitrogens with zero attached hydrogens (tertiary/aromatic N) is 2. The van der Waals surface area contributed by atoms with E-state index < -0.39 is 33.8 Å². The highest BCUT2D eigenvalue weighted by atomic mass is 35.5. The first-order valence-electron chi connectivity index (χ1n) is 8.77. The molecule has 148 valence electrons. The number of hydrogen-bond acceptors (Lipinski definition) is 5. The van der Waals surface area contributed by atoms with E-state index in [1.807, 2.05) is 32.3 Å². The van der Waals surface area contributed by atoms with Crippen LogP contribution in [-0.4, -0.2) is 33.8 Å². The Bertz CT molecular complexity index is 793. The first-order chi connectivity index (χ1) is 12.0. The quantitative estimate of drug-likeness (QED) is 0.551. The Hall–Kier alpha value is -0.762. The molecule has 0 atom stereocenters. The highest BCUT2D eigenvalue weighted by molar-refractivity contribution is 6.94. The van der Waals surface area contributed by atoms with E-state index in [0.29, 0.717) is 10.6 Å². The van der Waals surface area contributed by atoms with Crippen molar-refractivity contribution in [3.8, 4) is 12.1 Å². The molecule has 0 heterocycles. The zero-order valence-corrected chi connectivity index (χ0v) is 22.4. The average Bonchev–Trinajstić information content (AvgIpc) is 2.40. The molecule has 0 aliphatic carbocycles. The SMILES string of the molecule is C[Si](C)(C)O[Si](C)(C)O[Si](C)(C)O[Si](C)(C)c1cc(C#N)c(C#N)cc1Cl. The van der Waals surface area contributed by atoms with Crippen LogP contribution >= 0.6 is 11.6 Å². The first kappa shape index (κ1) is 24.3. The summed E-state index contributed by atoms with van der Waals surface area (Å²) < 4.78 is 19.3. The second-order valence-corrected chi connectivity index (χ2v) is 25.1. The molecule has 0 amide bonds. The van der Waals surface area contributed by atoms with E-state index in [0.717, 1.165) is 5.19 Å². The smallest absolute Gasteiger partial charge is 0.312 e. The Balaban J connectivity index is 3.16. The predicted molar refractivity (Wildman–Crippen MR) is 120 cm³/mol. The van der Waals surface area contributed by atoms with Gasteiger partial charge in [0.2, 0.25) is 8.32 Å². The van der Waals surface area contributed by atoms with Crippen molar-refractivity contribution in [2.24, 2.45) is 0 Å². The second-order valence-electron chi connectivity index (χ2n) is 8.83. The number of nitriles is 2. The summed E-state index contributed by atoms with van der Waals surface area (Å²) in [6.45, 7) is 18.7. The Labute approximate surface area is 172 Å². The van der Waals surface area contributed by atoms with Crippen LogP contribution in [0.25, 0.3) is 0 Å². The van der Waals surface area contributed by atoms with Crippen molar-refractivity contribution in [3.05, 3.63) is 28.3 Å². The van der Waals surface area contributed by atoms with Gasteiger partial charge in [-0.3, -0.25) is 0 Å². The minimum atomic E-state index is -2.51. The zero-order chi connectivity index (χ0) is 21.3. The van der Waals surface area contributed by atoms with E-state index in [1.54, 1.807) is 12.1 Å². The molecule has 0 aliphatic heterocycles. The van der Waals surface area contributed by atoms with E-state index >= 15 is 0 Å². The van der Waals surface area contributed by atoms with Gasteiger partial charge in [-0.15, -0.1) is 0 Å². The van der Waals surface area contributed by atoms with E-state index in [4.69, 9.17) is 23.9 Å². The molecule has 0 radical (unpaired) electrons. The minimum Gasteiger partial charge on any atom is -0.437 e. The van der Waals surface area contributed by atoms with Crippen LogP contribution in [0.1, 0.15) is 11.1 Å². The molecule has 0 spiro atoms. The summed E-state index contributed by atoms with van der Waals surface area (Å²) in [6.07, 6.45) is 0. The maximum absolute atomic E-state index is 9.33. The Morgan fingerprint density at radius 1 is 0.741 bits per heavy atom. The highest BCUT2D eigenvalue weighted by Crippen LogP contribution is 2.26. The van der Waals surface area contributed by atoms with E-state index in [-0.39, 0.29) is 5.56 Å². The summed E-state index contributed by atoms with van der Waals surface area (Å²) >= 11 is 6.43. The molecule has 5 nitrogen and oxygen atoms in total. The van der Waals surface area contributed by atoms with Crippen LogP contribution in [-0.2, 0) is 12.3 Å². The van der Waals surface area contributed by atoms with Crippen molar-refractivity contribution >= 4 is 50.5 Å². The summed E-state index contributed by atoms with van der Waals surface area (Å²) in [4.78, 5) is 0. The maximum Gasteiger partial charge on any atom is 0.312 e. The van der Waals surface area contributed by atoms with E-state index in [1.165, 1.54) is 0 Å². The number of halogens is 1. The molecule has 0 saturated carbocycles. The van der Waals surface area contributed by atoms with Crippen LogP contribution in [0.15, 0.2) is 12.1 Å². The second kappa shape index (κ2) is 8.31. The molecule has 27 heavy (non-hydrogen) atoms. The van der Waals surface area contributed by atoms with Crippen molar-refractivity contribution in [1.29, 1.82) is 10.5 Å². The normalized spacial score (nSPS) is 13.2. The Morgan fingerprint density at radius 2 is 1.19 bits per heavy atom. The van der Waals surface area contributed by atoms with Gasteiger partial charge in [0.05, 0.1) is 11.1 Å². The van der Waals surface area contributed by atoms with Crippen molar-refractivity contribution < 1.29 is 12.3 Å². The van der Waals surface area contributed by atoms with Crippen LogP contribution in [0.5, 0.6) is 0 Å². The monoisotopic (exact) mass is 456 g/mol. The molecule has 0 aliphatic rings. The topological polar surface area (TPSA) is 75.3 Å². The molecule has 10 heteroatoms. The number of rotatable bonds is 7. The molecule has 0 N–H and O–H groups in total. The van der Waals surface area contributed by atoms with Crippen molar-refractivity contribution in [3.63, 3.8) is 0 Å². The molecule has 1 aromatic rings. The molecule has 0 unspecified atom stereocenters. The lowest BCUT2D eigenvalue weighted by Crippen LogP contribution is -2.59. The molecule has 1 aromatic carbocycles. The molecular formula is C17H29ClN2O3Si4. The summed E-state index contributed by atoms with van der Waals surface area (Å²) in [5, 5.41) is 19.8. The van der Waals surface area contributed by atoms with Crippen LogP contribution in [0, 0.1) is 22.7 Å². The third-order valence-corrected chi connectivity index (χ3v) is 18.1. The van der Waals surface area contributed by atoms with Gasteiger partial charge < -0.3 is 12.3 Å². The fourth-order valence-electron chi connectivity index (χ4n) is 3.26. The lowest BCUT2D eigenvalue weighted by atomic mass is 10.1. The van der Waals surface area contributed by atoms with Gasteiger partial charge in [0, 0.05) is 5.02 Å². The van der Waals surface area contributed by atoms with Crippen molar-refractivity contribution in [1.82, 2.24) is 0 Å². The van der Waals surface area contributed by atoms with Gasteiger partial charge in [-0.2, -0.15) is 10.5 Å². The summed E-state index contributed by atoms with van der Waals surface area (Å²) in [7, 11) is -9.04. The Morgan fingerprint density at radius 3 is 1.63 bits per heavy atom. The predicted octanol–water partition coefficient (Wildman–Crippen LogP) is 4.78. The fraction of sp³-hybridized carbons (Fsp3) is 0.529. The van der Waals surface area contributed by atoms with Gasteiger partial charge >= 0.3 is 17.1 Å². The highest BCUT2D eigenvalue weighted by Gasteiger charge is 2.43. The van der Waals surface area contributed by atoms with Crippen LogP contribution < -0.4 is 5.19 Å². The van der Waals surface area contributed by atoms with Gasteiger partial charge in [0.15, 0.2) is 8.32 Å². The maximum atomic E-state index is 9.33. The third-order valence-electron chi connectivity index (χ3n) is 3.54. The van der Waals surface area contributed by atoms with Crippen molar-refractivity contribution in [2.45, 2.75) is 58.9 Å².